The largest absolute Gasteiger partial charge is 0.494 e. The second-order valence-electron chi connectivity index (χ2n) is 4.42. The molecule has 2 rings (SSSR count). The predicted octanol–water partition coefficient (Wildman–Crippen LogP) is 2.91. The summed E-state index contributed by atoms with van der Waals surface area (Å²) >= 11 is 0. The Hall–Kier alpha value is -2.82. The van der Waals surface area contributed by atoms with E-state index in [-0.39, 0.29) is 11.8 Å². The number of carbonyl (C=O) groups excluding carboxylic acids is 2. The van der Waals surface area contributed by atoms with E-state index in [1.54, 1.807) is 42.5 Å². The highest BCUT2D eigenvalue weighted by atomic mass is 16.5. The van der Waals surface area contributed by atoms with E-state index in [9.17, 15) is 9.59 Å². The lowest BCUT2D eigenvalue weighted by Crippen LogP contribution is -2.12. The summed E-state index contributed by atoms with van der Waals surface area (Å²) < 4.78 is 5.21. The van der Waals surface area contributed by atoms with Gasteiger partial charge in [-0.05, 0) is 24.3 Å². The summed E-state index contributed by atoms with van der Waals surface area (Å²) in [5.41, 5.74) is 1.72. The minimum Gasteiger partial charge on any atom is -0.494 e. The van der Waals surface area contributed by atoms with Gasteiger partial charge in [-0.3, -0.25) is 9.59 Å². The van der Waals surface area contributed by atoms with Crippen molar-refractivity contribution < 1.29 is 14.3 Å². The van der Waals surface area contributed by atoms with Crippen molar-refractivity contribution in [1.82, 2.24) is 0 Å². The van der Waals surface area contributed by atoms with E-state index in [2.05, 4.69) is 10.6 Å². The maximum Gasteiger partial charge on any atom is 0.255 e. The van der Waals surface area contributed by atoms with Crippen molar-refractivity contribution >= 4 is 23.2 Å². The summed E-state index contributed by atoms with van der Waals surface area (Å²) in [6, 6.07) is 14.0. The molecule has 0 aliphatic heterocycles. The Labute approximate surface area is 122 Å². The van der Waals surface area contributed by atoms with Crippen LogP contribution in [0.25, 0.3) is 0 Å². The summed E-state index contributed by atoms with van der Waals surface area (Å²) in [6.45, 7) is 1.42. The van der Waals surface area contributed by atoms with Crippen LogP contribution in [0.1, 0.15) is 17.3 Å². The van der Waals surface area contributed by atoms with Crippen LogP contribution in [0.15, 0.2) is 48.5 Å². The maximum absolute atomic E-state index is 12.1. The van der Waals surface area contributed by atoms with Crippen molar-refractivity contribution in [2.75, 3.05) is 17.7 Å². The predicted molar refractivity (Wildman–Crippen MR) is 81.7 cm³/mol. The van der Waals surface area contributed by atoms with Crippen molar-refractivity contribution in [3.05, 3.63) is 54.1 Å². The Kier molecular flexibility index (Phi) is 4.56. The molecule has 0 radical (unpaired) electrons. The molecule has 2 amide bonds. The van der Waals surface area contributed by atoms with Crippen LogP contribution in [-0.4, -0.2) is 18.9 Å². The minimum atomic E-state index is -0.204. The third-order valence-electron chi connectivity index (χ3n) is 2.81. The van der Waals surface area contributed by atoms with Gasteiger partial charge in [-0.15, -0.1) is 0 Å². The van der Waals surface area contributed by atoms with E-state index in [1.165, 1.54) is 14.0 Å². The van der Waals surface area contributed by atoms with Gasteiger partial charge in [-0.2, -0.15) is 0 Å². The van der Waals surface area contributed by atoms with Gasteiger partial charge in [0.1, 0.15) is 5.75 Å². The Balaban J connectivity index is 2.18. The van der Waals surface area contributed by atoms with Gasteiger partial charge in [0.2, 0.25) is 5.91 Å². The first kappa shape index (κ1) is 14.6. The molecule has 2 aromatic carbocycles. The zero-order chi connectivity index (χ0) is 15.2. The molecule has 0 heterocycles. The first-order valence-electron chi connectivity index (χ1n) is 6.42. The molecule has 0 aliphatic carbocycles. The number of hydrogen-bond acceptors (Lipinski definition) is 3. The van der Waals surface area contributed by atoms with E-state index >= 15 is 0 Å². The van der Waals surface area contributed by atoms with Crippen molar-refractivity contribution in [2.45, 2.75) is 6.92 Å². The lowest BCUT2D eigenvalue weighted by molar-refractivity contribution is -0.114. The molecule has 0 aromatic heterocycles. The van der Waals surface area contributed by atoms with Crippen LogP contribution in [0.4, 0.5) is 11.4 Å². The van der Waals surface area contributed by atoms with Crippen LogP contribution in [0.3, 0.4) is 0 Å². The highest BCUT2D eigenvalue weighted by Gasteiger charge is 2.09. The van der Waals surface area contributed by atoms with Crippen LogP contribution in [-0.2, 0) is 4.79 Å². The molecule has 0 atom stereocenters. The van der Waals surface area contributed by atoms with Crippen molar-refractivity contribution in [3.63, 3.8) is 0 Å². The quantitative estimate of drug-likeness (QED) is 0.907. The molecule has 0 aliphatic rings. The number of methoxy groups -OCH3 is 1. The fraction of sp³-hybridized carbons (Fsp3) is 0.125. The van der Waals surface area contributed by atoms with Crippen LogP contribution in [0.2, 0.25) is 0 Å². The van der Waals surface area contributed by atoms with Crippen molar-refractivity contribution in [1.29, 1.82) is 0 Å². The summed E-state index contributed by atoms with van der Waals surface area (Å²) in [4.78, 5) is 23.1. The van der Waals surface area contributed by atoms with Gasteiger partial charge in [0.25, 0.3) is 5.91 Å². The molecule has 0 bridgehead atoms. The van der Waals surface area contributed by atoms with Gasteiger partial charge in [-0.25, -0.2) is 0 Å². The van der Waals surface area contributed by atoms with Gasteiger partial charge in [0.05, 0.1) is 12.8 Å². The smallest absolute Gasteiger partial charge is 0.255 e. The molecular formula is C16H16N2O3. The van der Waals surface area contributed by atoms with Gasteiger partial charge in [-0.1, -0.05) is 18.2 Å². The molecule has 2 aromatic rings. The van der Waals surface area contributed by atoms with Crippen LogP contribution >= 0.6 is 0 Å². The highest BCUT2D eigenvalue weighted by Crippen LogP contribution is 2.28. The lowest BCUT2D eigenvalue weighted by atomic mass is 10.2. The number of rotatable bonds is 4. The topological polar surface area (TPSA) is 67.4 Å². The average Bonchev–Trinajstić information content (AvgIpc) is 2.49. The highest BCUT2D eigenvalue weighted by molar-refractivity contribution is 6.04. The van der Waals surface area contributed by atoms with Gasteiger partial charge >= 0.3 is 0 Å². The van der Waals surface area contributed by atoms with Crippen molar-refractivity contribution in [2.24, 2.45) is 0 Å². The molecule has 0 unspecified atom stereocenters. The van der Waals surface area contributed by atoms with E-state index in [1.807, 2.05) is 6.07 Å². The Bertz CT molecular complexity index is 654. The molecule has 0 fully saturated rings. The summed E-state index contributed by atoms with van der Waals surface area (Å²) in [7, 11) is 1.50. The monoisotopic (exact) mass is 284 g/mol. The second kappa shape index (κ2) is 6.56. The molecular weight excluding hydrogens is 268 g/mol. The number of hydrogen-bond donors (Lipinski definition) is 2. The molecule has 108 valence electrons. The molecule has 0 saturated carbocycles. The van der Waals surface area contributed by atoms with E-state index < -0.39 is 0 Å². The standard InChI is InChI=1S/C16H16N2O3/c1-11(19)17-14-9-8-13(10-15(14)21-2)18-16(20)12-6-4-3-5-7-12/h3-10H,1-2H3,(H,17,19)(H,18,20). The molecule has 2 N–H and O–H groups in total. The normalized spacial score (nSPS) is 9.81. The number of anilines is 2. The second-order valence-corrected chi connectivity index (χ2v) is 4.42. The zero-order valence-corrected chi connectivity index (χ0v) is 11.8. The van der Waals surface area contributed by atoms with Gasteiger partial charge in [0, 0.05) is 24.2 Å². The minimum absolute atomic E-state index is 0.186. The third kappa shape index (κ3) is 3.82. The van der Waals surface area contributed by atoms with Gasteiger partial charge < -0.3 is 15.4 Å². The van der Waals surface area contributed by atoms with E-state index in [0.717, 1.165) is 0 Å². The number of nitrogens with one attached hydrogen (secondary N) is 2. The number of amides is 2. The Morgan fingerprint density at radius 3 is 2.33 bits per heavy atom. The number of benzene rings is 2. The molecule has 0 spiro atoms. The number of carbonyl (C=O) groups is 2. The SMILES string of the molecule is COc1cc(NC(=O)c2ccccc2)ccc1NC(C)=O. The summed E-state index contributed by atoms with van der Waals surface area (Å²) in [5, 5.41) is 5.44. The first-order valence-corrected chi connectivity index (χ1v) is 6.42. The Morgan fingerprint density at radius 2 is 1.71 bits per heavy atom. The first-order chi connectivity index (χ1) is 10.1. The van der Waals surface area contributed by atoms with Crippen molar-refractivity contribution in [3.8, 4) is 5.75 Å². The van der Waals surface area contributed by atoms with Crippen LogP contribution in [0.5, 0.6) is 5.75 Å². The van der Waals surface area contributed by atoms with E-state index in [4.69, 9.17) is 4.74 Å². The molecule has 0 saturated heterocycles. The van der Waals surface area contributed by atoms with Crippen LogP contribution in [0, 0.1) is 0 Å². The zero-order valence-electron chi connectivity index (χ0n) is 11.8. The summed E-state index contributed by atoms with van der Waals surface area (Å²) in [6.07, 6.45) is 0. The third-order valence-corrected chi connectivity index (χ3v) is 2.81. The lowest BCUT2D eigenvalue weighted by Gasteiger charge is -2.11. The summed E-state index contributed by atoms with van der Waals surface area (Å²) in [5.74, 6) is 0.0929. The Morgan fingerprint density at radius 1 is 1.00 bits per heavy atom. The van der Waals surface area contributed by atoms with Crippen LogP contribution < -0.4 is 15.4 Å². The number of ether oxygens (including phenoxy) is 1. The maximum atomic E-state index is 12.1. The molecule has 5 nitrogen and oxygen atoms in total. The molecule has 5 heteroatoms. The van der Waals surface area contributed by atoms with E-state index in [0.29, 0.717) is 22.7 Å². The molecule has 21 heavy (non-hydrogen) atoms. The average molecular weight is 284 g/mol. The fourth-order valence-electron chi connectivity index (χ4n) is 1.85. The van der Waals surface area contributed by atoms with Gasteiger partial charge in [0.15, 0.2) is 0 Å². The fourth-order valence-corrected chi connectivity index (χ4v) is 1.85.